The summed E-state index contributed by atoms with van der Waals surface area (Å²) in [7, 11) is 0. The summed E-state index contributed by atoms with van der Waals surface area (Å²) in [5.41, 5.74) is -0.0291. The Morgan fingerprint density at radius 2 is 2.05 bits per heavy atom. The molecular formula is C14H15F3N2O. The van der Waals surface area contributed by atoms with E-state index in [1.54, 1.807) is 0 Å². The molecule has 3 rings (SSSR count). The molecule has 1 N–H and O–H groups in total. The van der Waals surface area contributed by atoms with Gasteiger partial charge in [0, 0.05) is 0 Å². The summed E-state index contributed by atoms with van der Waals surface area (Å²) in [6.07, 6.45) is -0.117. The van der Waals surface area contributed by atoms with E-state index in [-0.39, 0.29) is 11.6 Å². The zero-order chi connectivity index (χ0) is 14.2. The van der Waals surface area contributed by atoms with Gasteiger partial charge in [-0.2, -0.15) is 13.2 Å². The summed E-state index contributed by atoms with van der Waals surface area (Å²) < 4.78 is 43.6. The summed E-state index contributed by atoms with van der Waals surface area (Å²) in [5.74, 6) is 0.487. The van der Waals surface area contributed by atoms with E-state index in [4.69, 9.17) is 4.42 Å². The maximum Gasteiger partial charge on any atom is 0.416 e. The highest BCUT2D eigenvalue weighted by Crippen LogP contribution is 2.32. The van der Waals surface area contributed by atoms with E-state index in [0.717, 1.165) is 44.4 Å². The van der Waals surface area contributed by atoms with E-state index in [2.05, 4.69) is 10.3 Å². The fourth-order valence-electron chi connectivity index (χ4n) is 2.51. The molecule has 1 aliphatic heterocycles. The summed E-state index contributed by atoms with van der Waals surface area (Å²) in [5, 5.41) is 3.33. The predicted octanol–water partition coefficient (Wildman–Crippen LogP) is 4.05. The molecule has 0 amide bonds. The molecule has 0 aliphatic carbocycles. The Labute approximate surface area is 114 Å². The third kappa shape index (κ3) is 2.65. The van der Waals surface area contributed by atoms with Crippen LogP contribution in [0.4, 0.5) is 13.2 Å². The van der Waals surface area contributed by atoms with Gasteiger partial charge in [0.05, 0.1) is 11.6 Å². The molecule has 0 radical (unpaired) electrons. The number of oxazole rings is 1. The largest absolute Gasteiger partial charge is 0.439 e. The normalized spacial score (nSPS) is 21.1. The third-order valence-corrected chi connectivity index (χ3v) is 3.59. The number of alkyl halides is 3. The topological polar surface area (TPSA) is 38.1 Å². The Balaban J connectivity index is 1.93. The van der Waals surface area contributed by atoms with Crippen LogP contribution in [-0.4, -0.2) is 11.5 Å². The van der Waals surface area contributed by atoms with E-state index >= 15 is 0 Å². The summed E-state index contributed by atoms with van der Waals surface area (Å²) in [6.45, 7) is 0.886. The highest BCUT2D eigenvalue weighted by atomic mass is 19.4. The van der Waals surface area contributed by atoms with Crippen molar-refractivity contribution in [2.45, 2.75) is 37.9 Å². The molecule has 1 aromatic heterocycles. The van der Waals surface area contributed by atoms with Gasteiger partial charge in [-0.1, -0.05) is 12.8 Å². The quantitative estimate of drug-likeness (QED) is 0.858. The van der Waals surface area contributed by atoms with Gasteiger partial charge in [0.25, 0.3) is 0 Å². The van der Waals surface area contributed by atoms with E-state index in [9.17, 15) is 13.2 Å². The Morgan fingerprint density at radius 1 is 1.20 bits per heavy atom. The maximum atomic E-state index is 12.7. The molecule has 0 bridgehead atoms. The van der Waals surface area contributed by atoms with Gasteiger partial charge < -0.3 is 9.73 Å². The van der Waals surface area contributed by atoms with Crippen molar-refractivity contribution in [3.8, 4) is 0 Å². The lowest BCUT2D eigenvalue weighted by Gasteiger charge is -2.10. The molecule has 20 heavy (non-hydrogen) atoms. The second kappa shape index (κ2) is 5.09. The van der Waals surface area contributed by atoms with Crippen molar-refractivity contribution in [2.24, 2.45) is 0 Å². The molecule has 1 unspecified atom stereocenters. The molecule has 2 aromatic rings. The molecule has 6 heteroatoms. The Morgan fingerprint density at radius 3 is 2.85 bits per heavy atom. The van der Waals surface area contributed by atoms with Crippen LogP contribution in [0.15, 0.2) is 22.6 Å². The van der Waals surface area contributed by atoms with Crippen molar-refractivity contribution >= 4 is 11.1 Å². The number of aromatic nitrogens is 1. The molecule has 0 saturated carbocycles. The molecule has 1 fully saturated rings. The number of halogens is 3. The monoisotopic (exact) mass is 284 g/mol. The maximum absolute atomic E-state index is 12.7. The van der Waals surface area contributed by atoms with E-state index < -0.39 is 11.7 Å². The highest BCUT2D eigenvalue weighted by molar-refractivity contribution is 5.73. The number of nitrogens with zero attached hydrogens (tertiary/aromatic N) is 1. The first kappa shape index (κ1) is 13.4. The minimum Gasteiger partial charge on any atom is -0.439 e. The zero-order valence-electron chi connectivity index (χ0n) is 10.8. The first-order valence-corrected chi connectivity index (χ1v) is 6.75. The first-order valence-electron chi connectivity index (χ1n) is 6.75. The van der Waals surface area contributed by atoms with Crippen LogP contribution in [0.1, 0.15) is 43.2 Å². The van der Waals surface area contributed by atoms with Crippen molar-refractivity contribution in [2.75, 3.05) is 6.54 Å². The van der Waals surface area contributed by atoms with Crippen molar-refractivity contribution < 1.29 is 17.6 Å². The first-order chi connectivity index (χ1) is 9.54. The fourth-order valence-corrected chi connectivity index (χ4v) is 2.51. The van der Waals surface area contributed by atoms with Crippen molar-refractivity contribution in [1.29, 1.82) is 0 Å². The lowest BCUT2D eigenvalue weighted by Crippen LogP contribution is -2.20. The third-order valence-electron chi connectivity index (χ3n) is 3.59. The van der Waals surface area contributed by atoms with Gasteiger partial charge >= 0.3 is 6.18 Å². The van der Waals surface area contributed by atoms with E-state index in [1.165, 1.54) is 6.07 Å². The van der Waals surface area contributed by atoms with Crippen molar-refractivity contribution in [3.05, 3.63) is 29.7 Å². The molecule has 0 spiro atoms. The average molecular weight is 284 g/mol. The van der Waals surface area contributed by atoms with Gasteiger partial charge in [-0.25, -0.2) is 4.98 Å². The van der Waals surface area contributed by atoms with Crippen LogP contribution in [0.25, 0.3) is 11.1 Å². The van der Waals surface area contributed by atoms with Gasteiger partial charge in [0.2, 0.25) is 5.89 Å². The van der Waals surface area contributed by atoms with Gasteiger partial charge in [-0.05, 0) is 37.6 Å². The van der Waals surface area contributed by atoms with Gasteiger partial charge in [0.1, 0.15) is 5.52 Å². The predicted molar refractivity (Wildman–Crippen MR) is 68.2 cm³/mol. The van der Waals surface area contributed by atoms with Gasteiger partial charge in [-0.3, -0.25) is 0 Å². The average Bonchev–Trinajstić information content (AvgIpc) is 2.63. The lowest BCUT2D eigenvalue weighted by molar-refractivity contribution is -0.137. The molecular weight excluding hydrogens is 269 g/mol. The number of fused-ring (bicyclic) bond motifs is 1. The minimum atomic E-state index is -4.35. The number of hydrogen-bond acceptors (Lipinski definition) is 3. The molecule has 1 aromatic carbocycles. The van der Waals surface area contributed by atoms with E-state index in [0.29, 0.717) is 11.5 Å². The van der Waals surface area contributed by atoms with E-state index in [1.807, 2.05) is 0 Å². The minimum absolute atomic E-state index is 0.000707. The van der Waals surface area contributed by atoms with Crippen LogP contribution >= 0.6 is 0 Å². The van der Waals surface area contributed by atoms with Crippen LogP contribution in [0.5, 0.6) is 0 Å². The number of benzene rings is 1. The van der Waals surface area contributed by atoms with Crippen LogP contribution in [-0.2, 0) is 6.18 Å². The Hall–Kier alpha value is -1.56. The van der Waals surface area contributed by atoms with Crippen LogP contribution in [0.3, 0.4) is 0 Å². The molecule has 1 saturated heterocycles. The van der Waals surface area contributed by atoms with Crippen molar-refractivity contribution in [3.63, 3.8) is 0 Å². The van der Waals surface area contributed by atoms with Gasteiger partial charge in [0.15, 0.2) is 5.58 Å². The lowest BCUT2D eigenvalue weighted by atomic mass is 10.1. The molecule has 3 nitrogen and oxygen atoms in total. The molecule has 108 valence electrons. The zero-order valence-corrected chi connectivity index (χ0v) is 10.8. The van der Waals surface area contributed by atoms with Crippen molar-refractivity contribution in [1.82, 2.24) is 10.3 Å². The van der Waals surface area contributed by atoms with Crippen LogP contribution in [0, 0.1) is 0 Å². The Bertz CT molecular complexity index is 598. The van der Waals surface area contributed by atoms with Gasteiger partial charge in [-0.15, -0.1) is 0 Å². The number of nitrogens with one attached hydrogen (secondary N) is 1. The molecule has 1 aliphatic rings. The highest BCUT2D eigenvalue weighted by Gasteiger charge is 2.31. The molecule has 1 atom stereocenters. The summed E-state index contributed by atoms with van der Waals surface area (Å²) in [6, 6.07) is 3.40. The Kier molecular flexibility index (Phi) is 3.41. The number of rotatable bonds is 1. The number of hydrogen-bond donors (Lipinski definition) is 1. The fraction of sp³-hybridized carbons (Fsp3) is 0.500. The smallest absolute Gasteiger partial charge is 0.416 e. The second-order valence-corrected chi connectivity index (χ2v) is 5.09. The summed E-state index contributed by atoms with van der Waals surface area (Å²) in [4.78, 5) is 4.22. The molecule has 2 heterocycles. The van der Waals surface area contributed by atoms with Crippen LogP contribution in [0.2, 0.25) is 0 Å². The standard InChI is InChI=1S/C14H15F3N2O/c15-14(16,17)9-5-6-12-11(8-9)19-13(20-12)10-4-2-1-3-7-18-10/h5-6,8,10,18H,1-4,7H2. The SMILES string of the molecule is FC(F)(F)c1ccc2oc(C3CCCCCN3)nc2c1. The summed E-state index contributed by atoms with van der Waals surface area (Å²) >= 11 is 0. The second-order valence-electron chi connectivity index (χ2n) is 5.09. The van der Waals surface area contributed by atoms with Crippen LogP contribution < -0.4 is 5.32 Å².